The fraction of sp³-hybridized carbons (Fsp3) is 0.208. The van der Waals surface area contributed by atoms with E-state index >= 15 is 0 Å². The molecule has 2 aromatic heterocycles. The number of carbonyl (C=O) groups excluding carboxylic acids is 1. The van der Waals surface area contributed by atoms with Crippen molar-refractivity contribution in [3.8, 4) is 5.69 Å². The summed E-state index contributed by atoms with van der Waals surface area (Å²) < 4.78 is 3.86. The van der Waals surface area contributed by atoms with Gasteiger partial charge in [0.2, 0.25) is 5.91 Å². The molecule has 0 atom stereocenters. The second kappa shape index (κ2) is 9.18. The third-order valence-corrected chi connectivity index (χ3v) is 6.18. The predicted molar refractivity (Wildman–Crippen MR) is 128 cm³/mol. The molecule has 1 N–H and O–H groups in total. The van der Waals surface area contributed by atoms with Crippen LogP contribution in [0.15, 0.2) is 54.9 Å². The van der Waals surface area contributed by atoms with Gasteiger partial charge in [0.25, 0.3) is 0 Å². The van der Waals surface area contributed by atoms with Gasteiger partial charge in [0, 0.05) is 35.9 Å². The van der Waals surface area contributed by atoms with Crippen molar-refractivity contribution >= 4 is 34.8 Å². The van der Waals surface area contributed by atoms with Crippen LogP contribution in [0.3, 0.4) is 0 Å². The molecule has 0 bridgehead atoms. The first-order valence-electron chi connectivity index (χ1n) is 10.2. The molecule has 0 aliphatic carbocycles. The quantitative estimate of drug-likeness (QED) is 0.405. The first-order chi connectivity index (χ1) is 15.3. The molecule has 0 spiro atoms. The van der Waals surface area contributed by atoms with Crippen LogP contribution in [-0.2, 0) is 17.8 Å². The summed E-state index contributed by atoms with van der Waals surface area (Å²) in [5.74, 6) is 0.873. The van der Waals surface area contributed by atoms with E-state index in [1.807, 2.05) is 57.3 Å². The first kappa shape index (κ1) is 22.1. The number of amides is 1. The Bertz CT molecular complexity index is 1270. The van der Waals surface area contributed by atoms with E-state index in [0.717, 1.165) is 46.3 Å². The van der Waals surface area contributed by atoms with E-state index in [1.54, 1.807) is 23.0 Å². The Morgan fingerprint density at radius 3 is 2.44 bits per heavy atom. The summed E-state index contributed by atoms with van der Waals surface area (Å²) in [6.45, 7) is 6.56. The van der Waals surface area contributed by atoms with Crippen LogP contribution >= 0.6 is 23.2 Å². The molecule has 6 nitrogen and oxygen atoms in total. The molecule has 0 fully saturated rings. The highest BCUT2D eigenvalue weighted by Gasteiger charge is 2.17. The van der Waals surface area contributed by atoms with Crippen molar-refractivity contribution in [2.24, 2.45) is 0 Å². The molecule has 0 radical (unpaired) electrons. The van der Waals surface area contributed by atoms with Crippen LogP contribution in [0.1, 0.15) is 28.3 Å². The molecule has 4 aromatic rings. The van der Waals surface area contributed by atoms with Crippen LogP contribution in [0.4, 0.5) is 5.69 Å². The summed E-state index contributed by atoms with van der Waals surface area (Å²) in [4.78, 5) is 17.0. The molecule has 0 unspecified atom stereocenters. The van der Waals surface area contributed by atoms with Crippen LogP contribution in [0.2, 0.25) is 10.0 Å². The highest BCUT2D eigenvalue weighted by molar-refractivity contribution is 6.42. The van der Waals surface area contributed by atoms with E-state index in [4.69, 9.17) is 23.2 Å². The molecule has 0 saturated heterocycles. The Labute approximate surface area is 196 Å². The lowest BCUT2D eigenvalue weighted by Gasteiger charge is -2.09. The highest BCUT2D eigenvalue weighted by Crippen LogP contribution is 2.26. The monoisotopic (exact) mass is 467 g/mol. The molecule has 164 valence electrons. The number of hydrogen-bond donors (Lipinski definition) is 1. The van der Waals surface area contributed by atoms with Crippen LogP contribution in [0, 0.1) is 20.8 Å². The first-order valence-corrected chi connectivity index (χ1v) is 10.9. The van der Waals surface area contributed by atoms with E-state index < -0.39 is 0 Å². The minimum absolute atomic E-state index is 0.0944. The van der Waals surface area contributed by atoms with Gasteiger partial charge in [-0.15, -0.1) is 0 Å². The lowest BCUT2D eigenvalue weighted by atomic mass is 10.1. The number of benzene rings is 2. The minimum Gasteiger partial charge on any atom is -0.331 e. The summed E-state index contributed by atoms with van der Waals surface area (Å²) in [6.07, 6.45) is 3.97. The largest absolute Gasteiger partial charge is 0.331 e. The van der Waals surface area contributed by atoms with Crippen molar-refractivity contribution in [3.63, 3.8) is 0 Å². The van der Waals surface area contributed by atoms with Crippen LogP contribution in [-0.4, -0.2) is 25.2 Å². The zero-order valence-electron chi connectivity index (χ0n) is 18.1. The summed E-state index contributed by atoms with van der Waals surface area (Å²) in [5, 5.41) is 8.52. The maximum absolute atomic E-state index is 12.7. The number of rotatable bonds is 6. The molecule has 0 saturated carbocycles. The Balaban J connectivity index is 1.44. The molecule has 2 aromatic carbocycles. The lowest BCUT2D eigenvalue weighted by molar-refractivity contribution is -0.115. The Morgan fingerprint density at radius 2 is 1.78 bits per heavy atom. The van der Waals surface area contributed by atoms with Gasteiger partial charge in [-0.25, -0.2) is 9.67 Å². The molecule has 4 rings (SSSR count). The molecule has 8 heteroatoms. The SMILES string of the molecule is Cc1nn(-c2ccc(Cl)c(Cl)c2)c(C)c1CC(=O)Nc1ccc(Cn2ccnc2C)cc1. The van der Waals surface area contributed by atoms with Crippen molar-refractivity contribution in [1.82, 2.24) is 19.3 Å². The molecular weight excluding hydrogens is 445 g/mol. The average molecular weight is 468 g/mol. The zero-order chi connectivity index (χ0) is 22.8. The second-order valence-electron chi connectivity index (χ2n) is 7.68. The normalized spacial score (nSPS) is 11.0. The average Bonchev–Trinajstić information content (AvgIpc) is 3.29. The van der Waals surface area contributed by atoms with Gasteiger partial charge in [-0.3, -0.25) is 4.79 Å². The Kier molecular flexibility index (Phi) is 6.35. The third-order valence-electron chi connectivity index (χ3n) is 5.44. The summed E-state index contributed by atoms with van der Waals surface area (Å²) in [5.41, 5.74) is 5.28. The molecular formula is C24H23Cl2N5O. The third kappa shape index (κ3) is 4.71. The number of nitrogens with zero attached hydrogens (tertiary/aromatic N) is 4. The van der Waals surface area contributed by atoms with Gasteiger partial charge in [-0.05, 0) is 56.7 Å². The van der Waals surface area contributed by atoms with Gasteiger partial charge >= 0.3 is 0 Å². The number of carbonyl (C=O) groups is 1. The van der Waals surface area contributed by atoms with Crippen molar-refractivity contribution in [3.05, 3.63) is 93.2 Å². The second-order valence-corrected chi connectivity index (χ2v) is 8.50. The predicted octanol–water partition coefficient (Wildman–Crippen LogP) is 5.53. The number of hydrogen-bond acceptors (Lipinski definition) is 3. The summed E-state index contributed by atoms with van der Waals surface area (Å²) in [7, 11) is 0. The van der Waals surface area contributed by atoms with E-state index in [2.05, 4.69) is 20.0 Å². The Morgan fingerprint density at radius 1 is 1.03 bits per heavy atom. The highest BCUT2D eigenvalue weighted by atomic mass is 35.5. The van der Waals surface area contributed by atoms with Gasteiger partial charge in [-0.2, -0.15) is 5.10 Å². The van der Waals surface area contributed by atoms with Crippen molar-refractivity contribution in [1.29, 1.82) is 0 Å². The Hall–Kier alpha value is -3.09. The summed E-state index contributed by atoms with van der Waals surface area (Å²) >= 11 is 12.2. The van der Waals surface area contributed by atoms with Crippen LogP contribution in [0.25, 0.3) is 5.69 Å². The number of nitrogens with one attached hydrogen (secondary N) is 1. The summed E-state index contributed by atoms with van der Waals surface area (Å²) in [6, 6.07) is 13.2. The smallest absolute Gasteiger partial charge is 0.228 e. The number of halogens is 2. The lowest BCUT2D eigenvalue weighted by Crippen LogP contribution is -2.15. The molecule has 1 amide bonds. The van der Waals surface area contributed by atoms with Gasteiger partial charge in [0.1, 0.15) is 5.82 Å². The number of aryl methyl sites for hydroxylation is 2. The fourth-order valence-corrected chi connectivity index (χ4v) is 3.92. The van der Waals surface area contributed by atoms with Crippen molar-refractivity contribution in [2.45, 2.75) is 33.7 Å². The maximum atomic E-state index is 12.7. The van der Waals surface area contributed by atoms with Gasteiger partial charge < -0.3 is 9.88 Å². The van der Waals surface area contributed by atoms with E-state index in [9.17, 15) is 4.79 Å². The maximum Gasteiger partial charge on any atom is 0.228 e. The van der Waals surface area contributed by atoms with Gasteiger partial charge in [0.05, 0.1) is 27.8 Å². The van der Waals surface area contributed by atoms with E-state index in [1.165, 1.54) is 0 Å². The number of anilines is 1. The van der Waals surface area contributed by atoms with E-state index in [-0.39, 0.29) is 12.3 Å². The standard InChI is InChI=1S/C24H23Cl2N5O/c1-15-21(16(2)31(29-15)20-8-9-22(25)23(26)12-20)13-24(32)28-19-6-4-18(5-7-19)14-30-11-10-27-17(30)3/h4-12H,13-14H2,1-3H3,(H,28,32). The van der Waals surface area contributed by atoms with E-state index in [0.29, 0.717) is 10.0 Å². The van der Waals surface area contributed by atoms with Crippen molar-refractivity contribution in [2.75, 3.05) is 5.32 Å². The topological polar surface area (TPSA) is 64.7 Å². The minimum atomic E-state index is -0.0944. The fourth-order valence-electron chi connectivity index (χ4n) is 3.63. The number of aromatic nitrogens is 4. The van der Waals surface area contributed by atoms with Crippen molar-refractivity contribution < 1.29 is 4.79 Å². The molecule has 0 aliphatic heterocycles. The molecule has 32 heavy (non-hydrogen) atoms. The van der Waals surface area contributed by atoms with Gasteiger partial charge in [-0.1, -0.05) is 35.3 Å². The van der Waals surface area contributed by atoms with Crippen LogP contribution in [0.5, 0.6) is 0 Å². The zero-order valence-corrected chi connectivity index (χ0v) is 19.6. The number of imidazole rings is 1. The molecule has 2 heterocycles. The van der Waals surface area contributed by atoms with Crippen LogP contribution < -0.4 is 5.32 Å². The van der Waals surface area contributed by atoms with Gasteiger partial charge in [0.15, 0.2) is 0 Å². The molecule has 0 aliphatic rings.